The average Bonchev–Trinajstić information content (AvgIpc) is 2.72. The van der Waals surface area contributed by atoms with Gasteiger partial charge in [0, 0.05) is 12.1 Å². The molecule has 0 spiro atoms. The number of ether oxygens (including phenoxy) is 2. The second kappa shape index (κ2) is 11.4. The topological polar surface area (TPSA) is 93.7 Å². The molecule has 7 nitrogen and oxygen atoms in total. The van der Waals surface area contributed by atoms with Gasteiger partial charge in [0.05, 0.1) is 6.61 Å². The van der Waals surface area contributed by atoms with Crippen molar-refractivity contribution in [3.8, 4) is 5.75 Å². The first kappa shape index (κ1) is 21.9. The molecule has 154 valence electrons. The number of halogens is 1. The Morgan fingerprint density at radius 1 is 1.00 bits per heavy atom. The Bertz CT molecular complexity index is 839. The van der Waals surface area contributed by atoms with Gasteiger partial charge in [-0.05, 0) is 49.2 Å². The van der Waals surface area contributed by atoms with Gasteiger partial charge in [-0.3, -0.25) is 14.4 Å². The SMILES string of the molecule is CCOc1ccc(C(=O)NCC(=O)OCC(=O)NCCc2ccccc2F)cc1. The molecular formula is C21H23FN2O5. The van der Waals surface area contributed by atoms with Gasteiger partial charge in [0.15, 0.2) is 6.61 Å². The molecule has 0 aliphatic heterocycles. The zero-order valence-electron chi connectivity index (χ0n) is 16.1. The molecule has 0 atom stereocenters. The van der Waals surface area contributed by atoms with Crippen molar-refractivity contribution in [1.82, 2.24) is 10.6 Å². The van der Waals surface area contributed by atoms with Crippen LogP contribution in [0.2, 0.25) is 0 Å². The highest BCUT2D eigenvalue weighted by molar-refractivity contribution is 5.96. The van der Waals surface area contributed by atoms with Gasteiger partial charge in [0.25, 0.3) is 11.8 Å². The molecule has 2 aromatic rings. The second-order valence-electron chi connectivity index (χ2n) is 5.99. The van der Waals surface area contributed by atoms with Gasteiger partial charge in [-0.1, -0.05) is 18.2 Å². The van der Waals surface area contributed by atoms with Crippen molar-refractivity contribution in [3.63, 3.8) is 0 Å². The fourth-order valence-corrected chi connectivity index (χ4v) is 2.41. The maximum Gasteiger partial charge on any atom is 0.325 e. The molecular weight excluding hydrogens is 379 g/mol. The van der Waals surface area contributed by atoms with Crippen molar-refractivity contribution in [2.45, 2.75) is 13.3 Å². The Kier molecular flexibility index (Phi) is 8.62. The summed E-state index contributed by atoms with van der Waals surface area (Å²) in [6.07, 6.45) is 0.324. The lowest BCUT2D eigenvalue weighted by atomic mass is 10.1. The summed E-state index contributed by atoms with van der Waals surface area (Å²) in [4.78, 5) is 35.4. The Morgan fingerprint density at radius 2 is 1.72 bits per heavy atom. The molecule has 29 heavy (non-hydrogen) atoms. The third kappa shape index (κ3) is 7.61. The van der Waals surface area contributed by atoms with Gasteiger partial charge < -0.3 is 20.1 Å². The molecule has 0 unspecified atom stereocenters. The summed E-state index contributed by atoms with van der Waals surface area (Å²) in [5, 5.41) is 4.96. The van der Waals surface area contributed by atoms with Gasteiger partial charge in [0.2, 0.25) is 0 Å². The van der Waals surface area contributed by atoms with Gasteiger partial charge in [0.1, 0.15) is 18.1 Å². The van der Waals surface area contributed by atoms with E-state index in [1.54, 1.807) is 42.5 Å². The van der Waals surface area contributed by atoms with Crippen molar-refractivity contribution in [2.75, 3.05) is 26.3 Å². The number of nitrogens with one attached hydrogen (secondary N) is 2. The maximum absolute atomic E-state index is 13.5. The number of esters is 1. The van der Waals surface area contributed by atoms with Crippen LogP contribution in [-0.2, 0) is 20.7 Å². The van der Waals surface area contributed by atoms with Crippen LogP contribution in [0.4, 0.5) is 4.39 Å². The summed E-state index contributed by atoms with van der Waals surface area (Å²) in [6, 6.07) is 12.7. The molecule has 0 heterocycles. The summed E-state index contributed by atoms with van der Waals surface area (Å²) in [5.41, 5.74) is 0.855. The number of rotatable bonds is 10. The minimum absolute atomic E-state index is 0.214. The van der Waals surface area contributed by atoms with Crippen LogP contribution >= 0.6 is 0 Å². The highest BCUT2D eigenvalue weighted by Gasteiger charge is 2.11. The Hall–Kier alpha value is -3.42. The van der Waals surface area contributed by atoms with E-state index >= 15 is 0 Å². The van der Waals surface area contributed by atoms with E-state index in [0.29, 0.717) is 29.9 Å². The zero-order chi connectivity index (χ0) is 21.1. The smallest absolute Gasteiger partial charge is 0.325 e. The lowest BCUT2D eigenvalue weighted by molar-refractivity contribution is -0.147. The summed E-state index contributed by atoms with van der Waals surface area (Å²) in [5.74, 6) is -1.39. The number of hydrogen-bond donors (Lipinski definition) is 2. The number of carbonyl (C=O) groups is 3. The van der Waals surface area contributed by atoms with Crippen molar-refractivity contribution in [1.29, 1.82) is 0 Å². The van der Waals surface area contributed by atoms with Crippen LogP contribution in [0.25, 0.3) is 0 Å². The molecule has 0 saturated carbocycles. The minimum Gasteiger partial charge on any atom is -0.494 e. The van der Waals surface area contributed by atoms with Crippen LogP contribution in [0.15, 0.2) is 48.5 Å². The average molecular weight is 402 g/mol. The van der Waals surface area contributed by atoms with E-state index in [9.17, 15) is 18.8 Å². The van der Waals surface area contributed by atoms with Crippen molar-refractivity contribution in [2.24, 2.45) is 0 Å². The van der Waals surface area contributed by atoms with Crippen molar-refractivity contribution < 1.29 is 28.2 Å². The van der Waals surface area contributed by atoms with Gasteiger partial charge in [-0.25, -0.2) is 4.39 Å². The first-order valence-corrected chi connectivity index (χ1v) is 9.16. The lowest BCUT2D eigenvalue weighted by Crippen LogP contribution is -2.34. The largest absolute Gasteiger partial charge is 0.494 e. The molecule has 0 aliphatic carbocycles. The Labute approximate surface area is 168 Å². The monoisotopic (exact) mass is 402 g/mol. The first-order chi connectivity index (χ1) is 14.0. The molecule has 2 amide bonds. The summed E-state index contributed by atoms with van der Waals surface area (Å²) >= 11 is 0. The molecule has 0 saturated heterocycles. The number of amides is 2. The highest BCUT2D eigenvalue weighted by Crippen LogP contribution is 2.11. The predicted octanol–water partition coefficient (Wildman–Crippen LogP) is 1.86. The van der Waals surface area contributed by atoms with Gasteiger partial charge in [-0.2, -0.15) is 0 Å². The Balaban J connectivity index is 1.64. The molecule has 2 N–H and O–H groups in total. The third-order valence-corrected chi connectivity index (χ3v) is 3.86. The van der Waals surface area contributed by atoms with E-state index in [4.69, 9.17) is 9.47 Å². The van der Waals surface area contributed by atoms with Crippen LogP contribution in [0.3, 0.4) is 0 Å². The number of carbonyl (C=O) groups excluding carboxylic acids is 3. The predicted molar refractivity (Wildman–Crippen MR) is 104 cm³/mol. The van der Waals surface area contributed by atoms with E-state index in [2.05, 4.69) is 10.6 Å². The van der Waals surface area contributed by atoms with E-state index in [1.807, 2.05) is 6.92 Å². The second-order valence-corrected chi connectivity index (χ2v) is 5.99. The summed E-state index contributed by atoms with van der Waals surface area (Å²) in [6.45, 7) is 1.75. The Morgan fingerprint density at radius 3 is 2.41 bits per heavy atom. The van der Waals surface area contributed by atoms with Crippen LogP contribution in [-0.4, -0.2) is 44.1 Å². The molecule has 8 heteroatoms. The summed E-state index contributed by atoms with van der Waals surface area (Å²) < 4.78 is 23.6. The van der Waals surface area contributed by atoms with Crippen LogP contribution in [0, 0.1) is 5.82 Å². The van der Waals surface area contributed by atoms with Crippen LogP contribution < -0.4 is 15.4 Å². The normalized spacial score (nSPS) is 10.1. The van der Waals surface area contributed by atoms with E-state index in [0.717, 1.165) is 0 Å². The fourth-order valence-electron chi connectivity index (χ4n) is 2.41. The molecule has 0 radical (unpaired) electrons. The van der Waals surface area contributed by atoms with Crippen molar-refractivity contribution in [3.05, 3.63) is 65.5 Å². The third-order valence-electron chi connectivity index (χ3n) is 3.86. The highest BCUT2D eigenvalue weighted by atomic mass is 19.1. The van der Waals surface area contributed by atoms with E-state index in [1.165, 1.54) is 6.07 Å². The van der Waals surface area contributed by atoms with E-state index < -0.39 is 24.4 Å². The molecule has 0 bridgehead atoms. The molecule has 2 aromatic carbocycles. The summed E-state index contributed by atoms with van der Waals surface area (Å²) in [7, 11) is 0. The molecule has 2 rings (SSSR count). The molecule has 0 aliphatic rings. The first-order valence-electron chi connectivity index (χ1n) is 9.16. The van der Waals surface area contributed by atoms with Crippen LogP contribution in [0.1, 0.15) is 22.8 Å². The quantitative estimate of drug-likeness (QED) is 0.592. The molecule has 0 aromatic heterocycles. The lowest BCUT2D eigenvalue weighted by Gasteiger charge is -2.08. The van der Waals surface area contributed by atoms with Gasteiger partial charge in [-0.15, -0.1) is 0 Å². The standard InChI is InChI=1S/C21H23FN2O5/c1-2-28-17-9-7-16(8-10-17)21(27)24-13-20(26)29-14-19(25)23-12-11-15-5-3-4-6-18(15)22/h3-10H,2,11-14H2,1H3,(H,23,25)(H,24,27). The zero-order valence-corrected chi connectivity index (χ0v) is 16.1. The molecule has 0 fully saturated rings. The maximum atomic E-state index is 13.5. The number of benzene rings is 2. The fraction of sp³-hybridized carbons (Fsp3) is 0.286. The van der Waals surface area contributed by atoms with Crippen molar-refractivity contribution >= 4 is 17.8 Å². The van der Waals surface area contributed by atoms with Gasteiger partial charge >= 0.3 is 5.97 Å². The minimum atomic E-state index is -0.742. The van der Waals surface area contributed by atoms with E-state index in [-0.39, 0.29) is 18.9 Å². The van der Waals surface area contributed by atoms with Crippen LogP contribution in [0.5, 0.6) is 5.75 Å². The number of hydrogen-bond acceptors (Lipinski definition) is 5.